The first-order chi connectivity index (χ1) is 13.6. The molecule has 0 bridgehead atoms. The van der Waals surface area contributed by atoms with Crippen LogP contribution in [0.1, 0.15) is 16.2 Å². The lowest BCUT2D eigenvalue weighted by molar-refractivity contribution is 0.0741. The van der Waals surface area contributed by atoms with Crippen molar-refractivity contribution in [3.63, 3.8) is 0 Å². The highest BCUT2D eigenvalue weighted by Gasteiger charge is 2.25. The summed E-state index contributed by atoms with van der Waals surface area (Å²) in [5.41, 5.74) is 1.91. The Bertz CT molecular complexity index is 984. The molecule has 8 heteroatoms. The zero-order valence-electron chi connectivity index (χ0n) is 15.4. The molecule has 3 aromatic rings. The number of carbonyl (C=O) groups excluding carboxylic acids is 1. The average molecular weight is 397 g/mol. The molecule has 1 fully saturated rings. The Morgan fingerprint density at radius 2 is 1.86 bits per heavy atom. The first-order valence-corrected chi connectivity index (χ1v) is 9.93. The van der Waals surface area contributed by atoms with Crippen molar-refractivity contribution >= 4 is 33.9 Å². The number of para-hydroxylation sites is 1. The van der Waals surface area contributed by atoms with Crippen LogP contribution in [0.3, 0.4) is 0 Å². The smallest absolute Gasteiger partial charge is 0.273 e. The molecule has 1 aliphatic rings. The van der Waals surface area contributed by atoms with Gasteiger partial charge in [-0.3, -0.25) is 4.79 Å². The molecule has 3 heterocycles. The predicted octanol–water partition coefficient (Wildman–Crippen LogP) is 3.69. The molecule has 4 rings (SSSR count). The van der Waals surface area contributed by atoms with Crippen LogP contribution in [0.5, 0.6) is 0 Å². The fourth-order valence-corrected chi connectivity index (χ4v) is 3.86. The largest absolute Gasteiger partial charge is 0.366 e. The summed E-state index contributed by atoms with van der Waals surface area (Å²) in [6, 6.07) is 12.4. The van der Waals surface area contributed by atoms with E-state index >= 15 is 0 Å². The van der Waals surface area contributed by atoms with E-state index in [-0.39, 0.29) is 11.7 Å². The summed E-state index contributed by atoms with van der Waals surface area (Å²) >= 11 is 1.37. The van der Waals surface area contributed by atoms with Gasteiger partial charge in [0.2, 0.25) is 0 Å². The minimum Gasteiger partial charge on any atom is -0.366 e. The first-order valence-electron chi connectivity index (χ1n) is 9.05. The number of nitrogens with one attached hydrogen (secondary N) is 1. The van der Waals surface area contributed by atoms with Gasteiger partial charge in [0.15, 0.2) is 5.13 Å². The van der Waals surface area contributed by atoms with E-state index in [9.17, 15) is 9.18 Å². The summed E-state index contributed by atoms with van der Waals surface area (Å²) in [5.74, 6) is 0.365. The number of hydrogen-bond donors (Lipinski definition) is 1. The SMILES string of the molecule is Cc1cccc(Nc2nc(C(=O)N3CCN(c4ccccc4F)CC3)cs2)n1. The number of pyridine rings is 1. The van der Waals surface area contributed by atoms with Gasteiger partial charge in [0.25, 0.3) is 5.91 Å². The van der Waals surface area contributed by atoms with E-state index in [1.54, 1.807) is 22.4 Å². The van der Waals surface area contributed by atoms with Gasteiger partial charge in [-0.1, -0.05) is 18.2 Å². The maximum Gasteiger partial charge on any atom is 0.273 e. The molecule has 1 aliphatic heterocycles. The van der Waals surface area contributed by atoms with Crippen LogP contribution in [0.25, 0.3) is 0 Å². The topological polar surface area (TPSA) is 61.4 Å². The molecule has 28 heavy (non-hydrogen) atoms. The quantitative estimate of drug-likeness (QED) is 0.728. The molecule has 1 saturated heterocycles. The summed E-state index contributed by atoms with van der Waals surface area (Å²) in [4.78, 5) is 25.3. The lowest BCUT2D eigenvalue weighted by Crippen LogP contribution is -2.49. The third-order valence-corrected chi connectivity index (χ3v) is 5.36. The van der Waals surface area contributed by atoms with Gasteiger partial charge in [0.05, 0.1) is 5.69 Å². The molecule has 0 unspecified atom stereocenters. The molecule has 1 aromatic carbocycles. The summed E-state index contributed by atoms with van der Waals surface area (Å²) < 4.78 is 14.0. The van der Waals surface area contributed by atoms with Crippen LogP contribution in [0.4, 0.5) is 21.0 Å². The summed E-state index contributed by atoms with van der Waals surface area (Å²) in [6.45, 7) is 4.17. The standard InChI is InChI=1S/C20H20FN5OS/c1-14-5-4-8-18(22-14)24-20-23-16(13-28-20)19(27)26-11-9-25(10-12-26)17-7-3-2-6-15(17)21/h2-8,13H,9-12H2,1H3,(H,22,23,24). The predicted molar refractivity (Wildman–Crippen MR) is 109 cm³/mol. The molecule has 6 nitrogen and oxygen atoms in total. The van der Waals surface area contributed by atoms with Crippen molar-refractivity contribution in [1.82, 2.24) is 14.9 Å². The molecule has 0 saturated carbocycles. The van der Waals surface area contributed by atoms with E-state index in [1.165, 1.54) is 17.4 Å². The van der Waals surface area contributed by atoms with E-state index in [0.717, 1.165) is 5.69 Å². The highest BCUT2D eigenvalue weighted by molar-refractivity contribution is 7.14. The van der Waals surface area contributed by atoms with Gasteiger partial charge in [-0.15, -0.1) is 11.3 Å². The third kappa shape index (κ3) is 3.96. The lowest BCUT2D eigenvalue weighted by Gasteiger charge is -2.35. The van der Waals surface area contributed by atoms with Crippen LogP contribution in [-0.4, -0.2) is 47.0 Å². The number of thiazole rings is 1. The number of amides is 1. The second-order valence-corrected chi connectivity index (χ2v) is 7.42. The second kappa shape index (κ2) is 7.93. The zero-order chi connectivity index (χ0) is 19.5. The number of aryl methyl sites for hydroxylation is 1. The van der Waals surface area contributed by atoms with Gasteiger partial charge < -0.3 is 15.1 Å². The monoisotopic (exact) mass is 397 g/mol. The Morgan fingerprint density at radius 3 is 2.61 bits per heavy atom. The Balaban J connectivity index is 1.38. The van der Waals surface area contributed by atoms with E-state index in [2.05, 4.69) is 15.3 Å². The highest BCUT2D eigenvalue weighted by Crippen LogP contribution is 2.23. The molecule has 0 spiro atoms. The van der Waals surface area contributed by atoms with E-state index < -0.39 is 0 Å². The molecule has 2 aromatic heterocycles. The number of nitrogens with zero attached hydrogens (tertiary/aromatic N) is 4. The minimum atomic E-state index is -0.234. The normalized spacial score (nSPS) is 14.2. The van der Waals surface area contributed by atoms with Crippen LogP contribution >= 0.6 is 11.3 Å². The number of aromatic nitrogens is 2. The van der Waals surface area contributed by atoms with Crippen molar-refractivity contribution in [2.75, 3.05) is 36.4 Å². The Morgan fingerprint density at radius 1 is 1.07 bits per heavy atom. The molecule has 0 radical (unpaired) electrons. The first kappa shape index (κ1) is 18.4. The Hall–Kier alpha value is -3.00. The number of carbonyl (C=O) groups is 1. The Labute approximate surface area is 166 Å². The molecule has 1 amide bonds. The maximum atomic E-state index is 14.0. The molecule has 1 N–H and O–H groups in total. The van der Waals surface area contributed by atoms with Crippen LogP contribution in [0, 0.1) is 12.7 Å². The van der Waals surface area contributed by atoms with Gasteiger partial charge in [-0.05, 0) is 31.2 Å². The molecule has 144 valence electrons. The van der Waals surface area contributed by atoms with Crippen molar-refractivity contribution in [3.8, 4) is 0 Å². The third-order valence-electron chi connectivity index (χ3n) is 4.61. The fraction of sp³-hybridized carbons (Fsp3) is 0.250. The van der Waals surface area contributed by atoms with Gasteiger partial charge in [-0.2, -0.15) is 0 Å². The summed E-state index contributed by atoms with van der Waals surface area (Å²) in [6.07, 6.45) is 0. The number of rotatable bonds is 4. The van der Waals surface area contributed by atoms with E-state index in [1.807, 2.05) is 36.1 Å². The van der Waals surface area contributed by atoms with Crippen molar-refractivity contribution in [1.29, 1.82) is 0 Å². The summed E-state index contributed by atoms with van der Waals surface area (Å²) in [5, 5.41) is 5.52. The highest BCUT2D eigenvalue weighted by atomic mass is 32.1. The van der Waals surface area contributed by atoms with Crippen LogP contribution in [0.2, 0.25) is 0 Å². The molecular formula is C20H20FN5OS. The van der Waals surface area contributed by atoms with Crippen molar-refractivity contribution in [2.24, 2.45) is 0 Å². The molecular weight excluding hydrogens is 377 g/mol. The van der Waals surface area contributed by atoms with Gasteiger partial charge in [0, 0.05) is 37.3 Å². The number of halogens is 1. The van der Waals surface area contributed by atoms with Crippen molar-refractivity contribution in [3.05, 3.63) is 65.0 Å². The number of piperazine rings is 1. The maximum absolute atomic E-state index is 14.0. The Kier molecular flexibility index (Phi) is 5.21. The van der Waals surface area contributed by atoms with E-state index in [0.29, 0.717) is 48.5 Å². The van der Waals surface area contributed by atoms with Gasteiger partial charge >= 0.3 is 0 Å². The molecule has 0 aliphatic carbocycles. The molecule has 0 atom stereocenters. The van der Waals surface area contributed by atoms with Crippen molar-refractivity contribution < 1.29 is 9.18 Å². The average Bonchev–Trinajstić information content (AvgIpc) is 3.16. The van der Waals surface area contributed by atoms with Crippen LogP contribution in [-0.2, 0) is 0 Å². The zero-order valence-corrected chi connectivity index (χ0v) is 16.2. The van der Waals surface area contributed by atoms with Crippen LogP contribution < -0.4 is 10.2 Å². The summed E-state index contributed by atoms with van der Waals surface area (Å²) in [7, 11) is 0. The fourth-order valence-electron chi connectivity index (χ4n) is 3.17. The number of anilines is 3. The second-order valence-electron chi connectivity index (χ2n) is 6.56. The van der Waals surface area contributed by atoms with E-state index in [4.69, 9.17) is 0 Å². The minimum absolute atomic E-state index is 0.102. The number of benzene rings is 1. The van der Waals surface area contributed by atoms with Crippen molar-refractivity contribution in [2.45, 2.75) is 6.92 Å². The number of hydrogen-bond acceptors (Lipinski definition) is 6. The lowest BCUT2D eigenvalue weighted by atomic mass is 10.2. The van der Waals surface area contributed by atoms with Gasteiger partial charge in [-0.25, -0.2) is 14.4 Å². The van der Waals surface area contributed by atoms with Crippen LogP contribution in [0.15, 0.2) is 47.8 Å². The van der Waals surface area contributed by atoms with Gasteiger partial charge in [0.1, 0.15) is 17.3 Å².